The zero-order chi connectivity index (χ0) is 23.0. The molecule has 1 fully saturated rings. The second kappa shape index (κ2) is 9.26. The fourth-order valence-corrected chi connectivity index (χ4v) is 5.26. The molecule has 0 amide bonds. The highest BCUT2D eigenvalue weighted by molar-refractivity contribution is 5.93. The van der Waals surface area contributed by atoms with Crippen molar-refractivity contribution in [2.75, 3.05) is 0 Å². The molecular weight excluding hydrogens is 417 g/mol. The Kier molecular flexibility index (Phi) is 6.61. The first kappa shape index (κ1) is 22.8. The molecule has 1 aliphatic carbocycles. The van der Waals surface area contributed by atoms with Gasteiger partial charge in [-0.2, -0.15) is 0 Å². The smallest absolute Gasteiger partial charge is 0.342 e. The molecule has 172 valence electrons. The highest BCUT2D eigenvalue weighted by Gasteiger charge is 2.35. The van der Waals surface area contributed by atoms with Crippen LogP contribution < -0.4 is 0 Å². The maximum Gasteiger partial charge on any atom is 0.342 e. The van der Waals surface area contributed by atoms with Gasteiger partial charge in [-0.15, -0.1) is 0 Å². The Morgan fingerprint density at radius 3 is 2.31 bits per heavy atom. The van der Waals surface area contributed by atoms with Crippen molar-refractivity contribution in [1.82, 2.24) is 0 Å². The van der Waals surface area contributed by atoms with Crippen LogP contribution in [0.15, 0.2) is 24.3 Å². The zero-order valence-electron chi connectivity index (χ0n) is 18.5. The molecular formula is C26H29F3O3. The third-order valence-electron chi connectivity index (χ3n) is 7.04. The van der Waals surface area contributed by atoms with E-state index in [1.165, 1.54) is 31.5 Å². The summed E-state index contributed by atoms with van der Waals surface area (Å²) in [6.45, 7) is 3.56. The van der Waals surface area contributed by atoms with Gasteiger partial charge in [0.1, 0.15) is 11.9 Å². The molecule has 0 saturated heterocycles. The van der Waals surface area contributed by atoms with E-state index < -0.39 is 35.6 Å². The van der Waals surface area contributed by atoms with Gasteiger partial charge in [0, 0.05) is 17.5 Å². The zero-order valence-corrected chi connectivity index (χ0v) is 18.5. The van der Waals surface area contributed by atoms with Crippen molar-refractivity contribution in [3.8, 4) is 0 Å². The first-order valence-corrected chi connectivity index (χ1v) is 11.5. The van der Waals surface area contributed by atoms with E-state index in [1.54, 1.807) is 6.07 Å². The number of carbonyl (C=O) groups is 1. The Morgan fingerprint density at radius 2 is 1.66 bits per heavy atom. The molecule has 0 aromatic heterocycles. The van der Waals surface area contributed by atoms with Crippen LogP contribution in [0.3, 0.4) is 0 Å². The molecule has 6 heteroatoms. The molecule has 0 bridgehead atoms. The Hall–Kier alpha value is -2.34. The van der Waals surface area contributed by atoms with E-state index in [9.17, 15) is 14.3 Å². The first-order valence-electron chi connectivity index (χ1n) is 11.5. The van der Waals surface area contributed by atoms with Crippen LogP contribution >= 0.6 is 0 Å². The molecule has 1 heterocycles. The van der Waals surface area contributed by atoms with Crippen LogP contribution in [-0.2, 0) is 11.2 Å². The predicted molar refractivity (Wildman–Crippen MR) is 115 cm³/mol. The summed E-state index contributed by atoms with van der Waals surface area (Å²) in [4.78, 5) is 12.5. The summed E-state index contributed by atoms with van der Waals surface area (Å²) in [5, 5.41) is 9.68. The molecule has 2 aromatic carbocycles. The monoisotopic (exact) mass is 446 g/mol. The van der Waals surface area contributed by atoms with Crippen LogP contribution in [0.5, 0.6) is 0 Å². The lowest BCUT2D eigenvalue weighted by Gasteiger charge is -2.30. The highest BCUT2D eigenvalue weighted by atomic mass is 19.2. The molecule has 0 spiro atoms. The van der Waals surface area contributed by atoms with Crippen LogP contribution in [0.2, 0.25) is 0 Å². The van der Waals surface area contributed by atoms with Crippen LogP contribution in [0.1, 0.15) is 103 Å². The molecule has 4 rings (SSSR count). The van der Waals surface area contributed by atoms with Gasteiger partial charge < -0.3 is 9.84 Å². The van der Waals surface area contributed by atoms with Gasteiger partial charge in [-0.25, -0.2) is 18.0 Å². The lowest BCUT2D eigenvalue weighted by molar-refractivity contribution is 0.0235. The number of ether oxygens (including phenoxy) is 1. The number of hydrogen-bond donors (Lipinski definition) is 1. The molecule has 3 nitrogen and oxygen atoms in total. The Balaban J connectivity index is 1.57. The van der Waals surface area contributed by atoms with Crippen molar-refractivity contribution in [2.45, 2.75) is 76.9 Å². The predicted octanol–water partition coefficient (Wildman–Crippen LogP) is 6.69. The van der Waals surface area contributed by atoms with E-state index in [1.807, 2.05) is 0 Å². The van der Waals surface area contributed by atoms with Crippen molar-refractivity contribution in [2.24, 2.45) is 5.92 Å². The van der Waals surface area contributed by atoms with E-state index in [4.69, 9.17) is 4.74 Å². The van der Waals surface area contributed by atoms with Crippen molar-refractivity contribution in [3.63, 3.8) is 0 Å². The normalized spacial score (nSPS) is 24.1. The van der Waals surface area contributed by atoms with E-state index in [0.29, 0.717) is 17.0 Å². The number of esters is 1. The summed E-state index contributed by atoms with van der Waals surface area (Å²) >= 11 is 0. The maximum absolute atomic E-state index is 15.1. The Labute approximate surface area is 186 Å². The maximum atomic E-state index is 15.1. The molecule has 2 atom stereocenters. The van der Waals surface area contributed by atoms with Gasteiger partial charge in [0.2, 0.25) is 0 Å². The summed E-state index contributed by atoms with van der Waals surface area (Å²) < 4.78 is 50.1. The number of aliphatic hydroxyl groups is 1. The highest BCUT2D eigenvalue weighted by Crippen LogP contribution is 2.41. The molecule has 32 heavy (non-hydrogen) atoms. The number of carbonyl (C=O) groups excluding carboxylic acids is 1. The van der Waals surface area contributed by atoms with Crippen LogP contribution in [0.25, 0.3) is 0 Å². The number of rotatable bonds is 5. The van der Waals surface area contributed by atoms with Gasteiger partial charge in [0.25, 0.3) is 0 Å². The third kappa shape index (κ3) is 4.17. The molecule has 1 N–H and O–H groups in total. The lowest BCUT2D eigenvalue weighted by Crippen LogP contribution is -2.25. The lowest BCUT2D eigenvalue weighted by atomic mass is 9.77. The van der Waals surface area contributed by atoms with E-state index in [-0.39, 0.29) is 29.0 Å². The fourth-order valence-electron chi connectivity index (χ4n) is 5.26. The van der Waals surface area contributed by atoms with Crippen molar-refractivity contribution >= 4 is 5.97 Å². The summed E-state index contributed by atoms with van der Waals surface area (Å²) in [6.07, 6.45) is 3.98. The average molecular weight is 447 g/mol. The second-order valence-electron chi connectivity index (χ2n) is 9.16. The third-order valence-corrected chi connectivity index (χ3v) is 7.04. The topological polar surface area (TPSA) is 46.5 Å². The van der Waals surface area contributed by atoms with Crippen molar-refractivity contribution < 1.29 is 27.8 Å². The largest absolute Gasteiger partial charge is 0.453 e. The fraction of sp³-hybridized carbons (Fsp3) is 0.500. The number of fused-ring (bicyclic) bond motifs is 1. The van der Waals surface area contributed by atoms with Gasteiger partial charge in [-0.1, -0.05) is 44.0 Å². The number of aliphatic hydroxyl groups excluding tert-OH is 1. The quantitative estimate of drug-likeness (QED) is 0.521. The second-order valence-corrected chi connectivity index (χ2v) is 9.16. The number of benzene rings is 2. The van der Waals surface area contributed by atoms with Gasteiger partial charge in [0.15, 0.2) is 11.6 Å². The van der Waals surface area contributed by atoms with Crippen molar-refractivity contribution in [1.29, 1.82) is 0 Å². The van der Waals surface area contributed by atoms with E-state index in [0.717, 1.165) is 32.1 Å². The minimum absolute atomic E-state index is 0.00520. The minimum atomic E-state index is -1.08. The molecule has 1 saturated carbocycles. The van der Waals surface area contributed by atoms with Crippen LogP contribution in [0, 0.1) is 23.4 Å². The SMILES string of the molecule is CCCC1CCC(c2ccc(C3Cc4ccc(C(C)O)c(F)c4C(=O)O3)c(F)c2F)CC1. The molecule has 2 unspecified atom stereocenters. The first-order chi connectivity index (χ1) is 15.3. The van der Waals surface area contributed by atoms with E-state index >= 15 is 8.78 Å². The van der Waals surface area contributed by atoms with E-state index in [2.05, 4.69) is 6.92 Å². The van der Waals surface area contributed by atoms with Crippen LogP contribution in [0.4, 0.5) is 13.2 Å². The Morgan fingerprint density at radius 1 is 1.00 bits per heavy atom. The molecule has 1 aliphatic heterocycles. The van der Waals surface area contributed by atoms with Gasteiger partial charge in [-0.3, -0.25) is 0 Å². The summed E-state index contributed by atoms with van der Waals surface area (Å²) in [7, 11) is 0. The molecule has 2 aromatic rings. The minimum Gasteiger partial charge on any atom is -0.453 e. The standard InChI is InChI=1S/C26H29F3O3/c1-3-4-15-5-7-16(8-6-15)19-11-12-20(25(29)24(19)28)21-13-17-9-10-18(14(2)30)23(27)22(17)26(31)32-21/h9-12,14-16,21,30H,3-8,13H2,1-2H3. The number of cyclic esters (lactones) is 1. The molecule has 0 radical (unpaired) electrons. The number of halogens is 3. The van der Waals surface area contributed by atoms with Gasteiger partial charge in [-0.05, 0) is 55.6 Å². The summed E-state index contributed by atoms with van der Waals surface area (Å²) in [5.74, 6) is -2.98. The molecule has 2 aliphatic rings. The Bertz CT molecular complexity index is 1010. The average Bonchev–Trinajstić information content (AvgIpc) is 2.76. The number of hydrogen-bond acceptors (Lipinski definition) is 3. The van der Waals surface area contributed by atoms with Crippen molar-refractivity contribution in [3.05, 3.63) is 69.5 Å². The summed E-state index contributed by atoms with van der Waals surface area (Å²) in [6, 6.07) is 6.04. The van der Waals surface area contributed by atoms with Gasteiger partial charge >= 0.3 is 5.97 Å². The van der Waals surface area contributed by atoms with Crippen LogP contribution in [-0.4, -0.2) is 11.1 Å². The summed E-state index contributed by atoms with van der Waals surface area (Å²) in [5.41, 5.74) is 0.447. The van der Waals surface area contributed by atoms with Gasteiger partial charge in [0.05, 0.1) is 11.7 Å².